The lowest BCUT2D eigenvalue weighted by molar-refractivity contribution is -0.131. The van der Waals surface area contributed by atoms with E-state index in [0.717, 1.165) is 74.1 Å². The molecule has 1 fully saturated rings. The molecule has 2 aromatic rings. The summed E-state index contributed by atoms with van der Waals surface area (Å²) in [6.07, 6.45) is 3.46. The molecule has 2 heterocycles. The third-order valence-corrected chi connectivity index (χ3v) is 5.52. The van der Waals surface area contributed by atoms with Gasteiger partial charge in [0.25, 0.3) is 0 Å². The molecule has 6 heteroatoms. The Balaban J connectivity index is 1.76. The van der Waals surface area contributed by atoms with Crippen molar-refractivity contribution in [2.24, 2.45) is 0 Å². The number of piperazine rings is 1. The Morgan fingerprint density at radius 2 is 1.76 bits per heavy atom. The second-order valence-corrected chi connectivity index (χ2v) is 7.65. The zero-order valence-corrected chi connectivity index (χ0v) is 18.1. The minimum atomic E-state index is 0.278. The highest BCUT2D eigenvalue weighted by Crippen LogP contribution is 2.26. The van der Waals surface area contributed by atoms with Gasteiger partial charge in [-0.25, -0.2) is 9.97 Å². The Morgan fingerprint density at radius 1 is 1.07 bits per heavy atom. The van der Waals surface area contributed by atoms with E-state index in [4.69, 9.17) is 9.72 Å². The maximum absolute atomic E-state index is 12.3. The van der Waals surface area contributed by atoms with Crippen LogP contribution in [0.5, 0.6) is 5.75 Å². The number of rotatable bonds is 7. The van der Waals surface area contributed by atoms with Gasteiger partial charge in [0.05, 0.1) is 7.11 Å². The number of aryl methyl sites for hydroxylation is 2. The number of aromatic nitrogens is 2. The molecule has 0 N–H and O–H groups in total. The zero-order valence-electron chi connectivity index (χ0n) is 18.1. The van der Waals surface area contributed by atoms with Gasteiger partial charge in [0.2, 0.25) is 5.91 Å². The number of amides is 1. The number of anilines is 1. The first-order valence-electron chi connectivity index (χ1n) is 10.5. The van der Waals surface area contributed by atoms with Crippen LogP contribution in [0.2, 0.25) is 0 Å². The molecule has 1 saturated heterocycles. The standard InChI is InChI=1S/C23H32N4O2/c1-5-6-7-22(28)26-12-14-27(15-13-26)23-21(17(2)24-18(3)25-23)16-19-8-10-20(29-4)11-9-19/h8-11H,5-7,12-16H2,1-4H3. The second-order valence-electron chi connectivity index (χ2n) is 7.65. The summed E-state index contributed by atoms with van der Waals surface area (Å²) in [5.41, 5.74) is 3.38. The third-order valence-electron chi connectivity index (χ3n) is 5.52. The van der Waals surface area contributed by atoms with Crippen molar-refractivity contribution < 1.29 is 9.53 Å². The Hall–Kier alpha value is -2.63. The summed E-state index contributed by atoms with van der Waals surface area (Å²) in [4.78, 5) is 26.0. The van der Waals surface area contributed by atoms with Gasteiger partial charge in [-0.1, -0.05) is 25.5 Å². The number of methoxy groups -OCH3 is 1. The van der Waals surface area contributed by atoms with Crippen LogP contribution in [0.4, 0.5) is 5.82 Å². The molecule has 1 aromatic carbocycles. The summed E-state index contributed by atoms with van der Waals surface area (Å²) >= 11 is 0. The molecule has 0 aliphatic carbocycles. The summed E-state index contributed by atoms with van der Waals surface area (Å²) < 4.78 is 5.27. The van der Waals surface area contributed by atoms with Crippen LogP contribution < -0.4 is 9.64 Å². The van der Waals surface area contributed by atoms with Gasteiger partial charge in [-0.3, -0.25) is 4.79 Å². The van der Waals surface area contributed by atoms with Crippen molar-refractivity contribution in [2.75, 3.05) is 38.2 Å². The molecule has 1 aliphatic heterocycles. The molecule has 0 saturated carbocycles. The van der Waals surface area contributed by atoms with Gasteiger partial charge in [-0.2, -0.15) is 0 Å². The first kappa shape index (κ1) is 21.1. The molecule has 1 amide bonds. The molecule has 6 nitrogen and oxygen atoms in total. The van der Waals surface area contributed by atoms with Crippen molar-refractivity contribution in [1.29, 1.82) is 0 Å². The van der Waals surface area contributed by atoms with Crippen molar-refractivity contribution in [3.8, 4) is 5.75 Å². The number of ether oxygens (including phenoxy) is 1. The van der Waals surface area contributed by atoms with Crippen LogP contribution in [-0.4, -0.2) is 54.1 Å². The van der Waals surface area contributed by atoms with E-state index in [0.29, 0.717) is 6.42 Å². The van der Waals surface area contributed by atoms with E-state index in [1.807, 2.05) is 24.0 Å². The summed E-state index contributed by atoms with van der Waals surface area (Å²) in [5.74, 6) is 2.93. The number of carbonyl (C=O) groups is 1. The minimum Gasteiger partial charge on any atom is -0.497 e. The molecule has 0 bridgehead atoms. The predicted molar refractivity (Wildman–Crippen MR) is 116 cm³/mol. The quantitative estimate of drug-likeness (QED) is 0.717. The summed E-state index contributed by atoms with van der Waals surface area (Å²) in [7, 11) is 1.68. The number of hydrogen-bond donors (Lipinski definition) is 0. The monoisotopic (exact) mass is 396 g/mol. The third kappa shape index (κ3) is 5.25. The molecule has 0 atom stereocenters. The van der Waals surface area contributed by atoms with Crippen LogP contribution in [0.15, 0.2) is 24.3 Å². The molecular formula is C23H32N4O2. The average molecular weight is 397 g/mol. The topological polar surface area (TPSA) is 58.6 Å². The maximum atomic E-state index is 12.3. The van der Waals surface area contributed by atoms with E-state index in [2.05, 4.69) is 35.9 Å². The van der Waals surface area contributed by atoms with Crippen LogP contribution >= 0.6 is 0 Å². The normalized spacial score (nSPS) is 14.2. The lowest BCUT2D eigenvalue weighted by atomic mass is 10.0. The maximum Gasteiger partial charge on any atom is 0.222 e. The van der Waals surface area contributed by atoms with Crippen molar-refractivity contribution in [3.63, 3.8) is 0 Å². The van der Waals surface area contributed by atoms with Crippen molar-refractivity contribution in [2.45, 2.75) is 46.5 Å². The molecule has 0 radical (unpaired) electrons. The first-order valence-corrected chi connectivity index (χ1v) is 10.5. The highest BCUT2D eigenvalue weighted by atomic mass is 16.5. The number of unbranched alkanes of at least 4 members (excludes halogenated alkanes) is 1. The largest absolute Gasteiger partial charge is 0.497 e. The molecular weight excluding hydrogens is 364 g/mol. The van der Waals surface area contributed by atoms with Gasteiger partial charge in [-0.05, 0) is 38.0 Å². The van der Waals surface area contributed by atoms with E-state index in [1.165, 1.54) is 5.56 Å². The molecule has 29 heavy (non-hydrogen) atoms. The summed E-state index contributed by atoms with van der Waals surface area (Å²) in [6, 6.07) is 8.15. The molecule has 1 aromatic heterocycles. The number of nitrogens with zero attached hydrogens (tertiary/aromatic N) is 4. The van der Waals surface area contributed by atoms with E-state index in [9.17, 15) is 4.79 Å². The van der Waals surface area contributed by atoms with E-state index >= 15 is 0 Å². The molecule has 3 rings (SSSR count). The minimum absolute atomic E-state index is 0.278. The van der Waals surface area contributed by atoms with E-state index in [-0.39, 0.29) is 5.91 Å². The van der Waals surface area contributed by atoms with Crippen LogP contribution in [0.25, 0.3) is 0 Å². The number of benzene rings is 1. The zero-order chi connectivity index (χ0) is 20.8. The van der Waals surface area contributed by atoms with Crippen molar-refractivity contribution >= 4 is 11.7 Å². The number of hydrogen-bond acceptors (Lipinski definition) is 5. The van der Waals surface area contributed by atoms with Crippen molar-refractivity contribution in [1.82, 2.24) is 14.9 Å². The second kappa shape index (κ2) is 9.72. The smallest absolute Gasteiger partial charge is 0.222 e. The molecule has 0 unspecified atom stereocenters. The molecule has 1 aliphatic rings. The van der Waals surface area contributed by atoms with Gasteiger partial charge in [0.1, 0.15) is 17.4 Å². The lowest BCUT2D eigenvalue weighted by Gasteiger charge is -2.36. The Kier molecular flexibility index (Phi) is 7.07. The highest BCUT2D eigenvalue weighted by Gasteiger charge is 2.24. The average Bonchev–Trinajstić information content (AvgIpc) is 2.74. The van der Waals surface area contributed by atoms with Crippen molar-refractivity contribution in [3.05, 3.63) is 46.9 Å². The van der Waals surface area contributed by atoms with Gasteiger partial charge in [-0.15, -0.1) is 0 Å². The Labute approximate surface area is 173 Å². The van der Waals surface area contributed by atoms with Crippen LogP contribution in [-0.2, 0) is 11.2 Å². The van der Waals surface area contributed by atoms with E-state index in [1.54, 1.807) is 7.11 Å². The summed E-state index contributed by atoms with van der Waals surface area (Å²) in [6.45, 7) is 9.25. The molecule has 156 valence electrons. The van der Waals surface area contributed by atoms with Gasteiger partial charge >= 0.3 is 0 Å². The van der Waals surface area contributed by atoms with E-state index < -0.39 is 0 Å². The fourth-order valence-electron chi connectivity index (χ4n) is 3.79. The van der Waals surface area contributed by atoms with Gasteiger partial charge < -0.3 is 14.5 Å². The van der Waals surface area contributed by atoms with Crippen LogP contribution in [0.1, 0.15) is 48.8 Å². The fourth-order valence-corrected chi connectivity index (χ4v) is 3.79. The molecule has 0 spiro atoms. The summed E-state index contributed by atoms with van der Waals surface area (Å²) in [5, 5.41) is 0. The predicted octanol–water partition coefficient (Wildman–Crippen LogP) is 3.53. The Morgan fingerprint density at radius 3 is 2.38 bits per heavy atom. The SMILES string of the molecule is CCCCC(=O)N1CCN(c2nc(C)nc(C)c2Cc2ccc(OC)cc2)CC1. The van der Waals surface area contributed by atoms with Crippen LogP contribution in [0, 0.1) is 13.8 Å². The lowest BCUT2D eigenvalue weighted by Crippen LogP contribution is -2.49. The van der Waals surface area contributed by atoms with Gasteiger partial charge in [0.15, 0.2) is 0 Å². The van der Waals surface area contributed by atoms with Crippen LogP contribution in [0.3, 0.4) is 0 Å². The number of carbonyl (C=O) groups excluding carboxylic acids is 1. The first-order chi connectivity index (χ1) is 14.0. The Bertz CT molecular complexity index is 828. The van der Waals surface area contributed by atoms with Gasteiger partial charge in [0, 0.05) is 50.3 Å². The highest BCUT2D eigenvalue weighted by molar-refractivity contribution is 5.76. The fraction of sp³-hybridized carbons (Fsp3) is 0.522.